The fourth-order valence-electron chi connectivity index (χ4n) is 4.11. The van der Waals surface area contributed by atoms with E-state index in [9.17, 15) is 19.2 Å². The smallest absolute Gasteiger partial charge is 0.267 e. The molecular formula is C24H30N6O4S6. The van der Waals surface area contributed by atoms with Gasteiger partial charge in [-0.3, -0.25) is 39.0 Å². The Bertz CT molecular complexity index is 1080. The second-order valence-corrected chi connectivity index (χ2v) is 14.6. The van der Waals surface area contributed by atoms with Gasteiger partial charge >= 0.3 is 0 Å². The third kappa shape index (κ3) is 8.77. The van der Waals surface area contributed by atoms with Crippen LogP contribution in [0.15, 0.2) is 19.8 Å². The van der Waals surface area contributed by atoms with Crippen LogP contribution in [0.25, 0.3) is 0 Å². The molecule has 0 atom stereocenters. The number of carbonyl (C=O) groups excluding carboxylic acids is 4. The van der Waals surface area contributed by atoms with Crippen LogP contribution in [0, 0.1) is 0 Å². The number of thiocarbonyl (C=S) groups is 2. The Morgan fingerprint density at radius 2 is 1.12 bits per heavy atom. The van der Waals surface area contributed by atoms with Crippen molar-refractivity contribution in [2.75, 3.05) is 37.7 Å². The molecule has 16 heteroatoms. The molecule has 0 aromatic heterocycles. The number of hydrogen-bond acceptors (Lipinski definition) is 12. The predicted octanol–water partition coefficient (Wildman–Crippen LogP) is 3.48. The number of amides is 4. The highest BCUT2D eigenvalue weighted by molar-refractivity contribution is 8.29. The summed E-state index contributed by atoms with van der Waals surface area (Å²) in [6.07, 6.45) is 5.18. The zero-order valence-electron chi connectivity index (χ0n) is 21.8. The Hall–Kier alpha value is -1.46. The molecule has 2 fully saturated rings. The SMILES string of the molecule is O=C(CCCCCN1C(=O)/C(=C2\SC(=S)N(CCCCCC(=O)NC3=NCCS3)C2=O)SC1=S)NC1=NCCS1. The molecule has 4 aliphatic rings. The number of amidine groups is 2. The molecule has 0 saturated carbocycles. The van der Waals surface area contributed by atoms with Crippen molar-refractivity contribution >= 4 is 114 Å². The molecule has 0 spiro atoms. The van der Waals surface area contributed by atoms with Crippen molar-refractivity contribution in [1.82, 2.24) is 20.4 Å². The van der Waals surface area contributed by atoms with Crippen molar-refractivity contribution in [3.8, 4) is 0 Å². The summed E-state index contributed by atoms with van der Waals surface area (Å²) in [5.74, 6) is 1.20. The Balaban J connectivity index is 1.17. The standard InChI is InChI=1S/C24H30N6O4S6/c31-15(27-21-25-9-13-37-21)7-3-1-5-11-29-19(33)17(39-23(29)35)18-20(34)30(24(36)40-18)12-6-2-4-8-16(32)28-22-26-10-14-38-22/h1-14H2,(H,25,27,31)(H,26,28,32)/b18-17+. The number of nitrogens with one attached hydrogen (secondary N) is 2. The number of aliphatic imine (C=N–C) groups is 2. The van der Waals surface area contributed by atoms with E-state index in [-0.39, 0.29) is 23.6 Å². The minimum Gasteiger partial charge on any atom is -0.305 e. The first kappa shape index (κ1) is 31.5. The zero-order valence-corrected chi connectivity index (χ0v) is 26.7. The topological polar surface area (TPSA) is 124 Å². The molecule has 0 bridgehead atoms. The quantitative estimate of drug-likeness (QED) is 0.183. The molecule has 4 heterocycles. The van der Waals surface area contributed by atoms with Gasteiger partial charge in [-0.15, -0.1) is 0 Å². The van der Waals surface area contributed by atoms with Gasteiger partial charge in [0.25, 0.3) is 11.8 Å². The van der Waals surface area contributed by atoms with Gasteiger partial charge < -0.3 is 10.6 Å². The summed E-state index contributed by atoms with van der Waals surface area (Å²) >= 11 is 16.3. The normalized spacial score (nSPS) is 21.0. The van der Waals surface area contributed by atoms with Crippen LogP contribution >= 0.6 is 71.5 Å². The van der Waals surface area contributed by atoms with Crippen LogP contribution in [0.3, 0.4) is 0 Å². The summed E-state index contributed by atoms with van der Waals surface area (Å²) in [4.78, 5) is 62.4. The van der Waals surface area contributed by atoms with Crippen LogP contribution in [0.1, 0.15) is 51.4 Å². The summed E-state index contributed by atoms with van der Waals surface area (Å²) in [7, 11) is 0. The van der Waals surface area contributed by atoms with Crippen LogP contribution in [0.4, 0.5) is 0 Å². The highest BCUT2D eigenvalue weighted by atomic mass is 32.2. The minimum absolute atomic E-state index is 0.0415. The first-order valence-electron chi connectivity index (χ1n) is 13.1. The molecule has 0 unspecified atom stereocenters. The Labute approximate surface area is 261 Å². The van der Waals surface area contributed by atoms with Gasteiger partial charge in [-0.25, -0.2) is 0 Å². The van der Waals surface area contributed by atoms with E-state index >= 15 is 0 Å². The average molecular weight is 659 g/mol. The Morgan fingerprint density at radius 3 is 1.50 bits per heavy atom. The number of thioether (sulfide) groups is 4. The van der Waals surface area contributed by atoms with Crippen molar-refractivity contribution in [3.05, 3.63) is 9.81 Å². The van der Waals surface area contributed by atoms with E-state index in [1.165, 1.54) is 9.80 Å². The van der Waals surface area contributed by atoms with Crippen molar-refractivity contribution in [2.45, 2.75) is 51.4 Å². The summed E-state index contributed by atoms with van der Waals surface area (Å²) in [6.45, 7) is 2.37. The fourth-order valence-corrected chi connectivity index (χ4v) is 8.37. The lowest BCUT2D eigenvalue weighted by Gasteiger charge is -2.14. The molecule has 4 amide bonds. The van der Waals surface area contributed by atoms with E-state index in [4.69, 9.17) is 24.4 Å². The molecule has 4 rings (SSSR count). The molecule has 0 aromatic rings. The van der Waals surface area contributed by atoms with Gasteiger partial charge in [-0.2, -0.15) is 0 Å². The zero-order chi connectivity index (χ0) is 28.5. The van der Waals surface area contributed by atoms with Crippen molar-refractivity contribution in [2.24, 2.45) is 9.98 Å². The maximum absolute atomic E-state index is 13.1. The van der Waals surface area contributed by atoms with Crippen LogP contribution in [-0.4, -0.2) is 90.1 Å². The Kier molecular flexibility index (Phi) is 12.3. The van der Waals surface area contributed by atoms with Crippen LogP contribution in [0.5, 0.6) is 0 Å². The van der Waals surface area contributed by atoms with Crippen LogP contribution in [0.2, 0.25) is 0 Å². The first-order chi connectivity index (χ1) is 19.3. The fraction of sp³-hybridized carbons (Fsp3) is 0.583. The van der Waals surface area contributed by atoms with E-state index in [0.717, 1.165) is 61.0 Å². The van der Waals surface area contributed by atoms with E-state index in [2.05, 4.69) is 20.6 Å². The highest BCUT2D eigenvalue weighted by Gasteiger charge is 2.41. The van der Waals surface area contributed by atoms with Gasteiger partial charge in [0, 0.05) is 37.4 Å². The van der Waals surface area contributed by atoms with Crippen molar-refractivity contribution in [1.29, 1.82) is 0 Å². The maximum atomic E-state index is 13.1. The lowest BCUT2D eigenvalue weighted by atomic mass is 10.2. The molecule has 2 saturated heterocycles. The average Bonchev–Trinajstić information content (AvgIpc) is 3.72. The number of nitrogens with zero attached hydrogens (tertiary/aromatic N) is 4. The van der Waals surface area contributed by atoms with E-state index in [0.29, 0.717) is 80.4 Å². The van der Waals surface area contributed by atoms with E-state index < -0.39 is 0 Å². The molecule has 0 radical (unpaired) electrons. The second kappa shape index (κ2) is 15.7. The third-order valence-corrected chi connectivity index (χ3v) is 10.9. The van der Waals surface area contributed by atoms with Crippen molar-refractivity contribution in [3.63, 3.8) is 0 Å². The van der Waals surface area contributed by atoms with Gasteiger partial charge in [-0.05, 0) is 25.7 Å². The molecule has 2 N–H and O–H groups in total. The molecule has 4 aliphatic heterocycles. The number of carbonyl (C=O) groups is 4. The van der Waals surface area contributed by atoms with Crippen LogP contribution < -0.4 is 10.6 Å². The summed E-state index contributed by atoms with van der Waals surface area (Å²) in [5, 5.41) is 7.03. The summed E-state index contributed by atoms with van der Waals surface area (Å²) in [5.41, 5.74) is 0. The predicted molar refractivity (Wildman–Crippen MR) is 174 cm³/mol. The molecule has 10 nitrogen and oxygen atoms in total. The molecule has 0 aromatic carbocycles. The van der Waals surface area contributed by atoms with Gasteiger partial charge in [0.15, 0.2) is 10.3 Å². The molecule has 216 valence electrons. The molecule has 0 aliphatic carbocycles. The van der Waals surface area contributed by atoms with Crippen LogP contribution in [-0.2, 0) is 19.2 Å². The second-order valence-electron chi connectivity index (χ2n) is 9.10. The number of rotatable bonds is 12. The highest BCUT2D eigenvalue weighted by Crippen LogP contribution is 2.42. The maximum Gasteiger partial charge on any atom is 0.267 e. The lowest BCUT2D eigenvalue weighted by molar-refractivity contribution is -0.124. The third-order valence-electron chi connectivity index (χ3n) is 6.14. The minimum atomic E-state index is -0.263. The lowest BCUT2D eigenvalue weighted by Crippen LogP contribution is -2.31. The van der Waals surface area contributed by atoms with E-state index in [1.54, 1.807) is 23.5 Å². The largest absolute Gasteiger partial charge is 0.305 e. The first-order valence-corrected chi connectivity index (χ1v) is 17.5. The Morgan fingerprint density at radius 1 is 0.700 bits per heavy atom. The van der Waals surface area contributed by atoms with Gasteiger partial charge in [0.05, 0.1) is 22.9 Å². The summed E-state index contributed by atoms with van der Waals surface area (Å²) < 4.78 is 0.860. The van der Waals surface area contributed by atoms with E-state index in [1.807, 2.05) is 0 Å². The monoisotopic (exact) mass is 658 g/mol. The molecule has 40 heavy (non-hydrogen) atoms. The summed E-state index contributed by atoms with van der Waals surface area (Å²) in [6, 6.07) is 0. The van der Waals surface area contributed by atoms with Gasteiger partial charge in [0.1, 0.15) is 8.64 Å². The van der Waals surface area contributed by atoms with Gasteiger partial charge in [0.2, 0.25) is 11.8 Å². The van der Waals surface area contributed by atoms with Gasteiger partial charge in [-0.1, -0.05) is 84.3 Å². The van der Waals surface area contributed by atoms with Crippen molar-refractivity contribution < 1.29 is 19.2 Å². The number of unbranched alkanes of at least 4 members (excludes halogenated alkanes) is 4. The number of hydrogen-bond donors (Lipinski definition) is 2. The molecular weight excluding hydrogens is 629 g/mol.